The van der Waals surface area contributed by atoms with Crippen molar-refractivity contribution < 1.29 is 19.1 Å². The van der Waals surface area contributed by atoms with Crippen molar-refractivity contribution in [2.24, 2.45) is 0 Å². The third kappa shape index (κ3) is 4.20. The van der Waals surface area contributed by atoms with E-state index in [1.165, 1.54) is 6.92 Å². The highest BCUT2D eigenvalue weighted by atomic mass is 16.5. The van der Waals surface area contributed by atoms with Crippen LogP contribution in [0.4, 0.5) is 0 Å². The van der Waals surface area contributed by atoms with Crippen molar-refractivity contribution in [3.63, 3.8) is 0 Å². The number of esters is 2. The van der Waals surface area contributed by atoms with Gasteiger partial charge in [-0.3, -0.25) is 4.79 Å². The maximum atomic E-state index is 12.9. The van der Waals surface area contributed by atoms with Crippen LogP contribution in [0.3, 0.4) is 0 Å². The zero-order valence-corrected chi connectivity index (χ0v) is 16.4. The highest BCUT2D eigenvalue weighted by Gasteiger charge is 2.17. The van der Waals surface area contributed by atoms with Crippen molar-refractivity contribution in [2.75, 3.05) is 0 Å². The van der Waals surface area contributed by atoms with Gasteiger partial charge >= 0.3 is 11.9 Å². The van der Waals surface area contributed by atoms with E-state index < -0.39 is 11.9 Å². The van der Waals surface area contributed by atoms with Crippen LogP contribution in [0.1, 0.15) is 22.8 Å². The summed E-state index contributed by atoms with van der Waals surface area (Å²) < 4.78 is 10.9. The number of hydrogen-bond acceptors (Lipinski definition) is 5. The van der Waals surface area contributed by atoms with Crippen LogP contribution in [-0.2, 0) is 16.1 Å². The standard InChI is InChI=1S/C25H19NO4/c1-17(27)30-24-14-8-6-12-20(24)23-15-21(19-11-5-7-13-22(19)26-23)25(28)29-16-18-9-3-2-4-10-18/h2-15H,16H2,1H3. The molecule has 0 atom stereocenters. The Labute approximate surface area is 173 Å². The Morgan fingerprint density at radius 3 is 2.37 bits per heavy atom. The molecule has 0 amide bonds. The number of pyridine rings is 1. The zero-order valence-electron chi connectivity index (χ0n) is 16.4. The first-order valence-corrected chi connectivity index (χ1v) is 9.50. The third-order valence-electron chi connectivity index (χ3n) is 4.57. The number of fused-ring (bicyclic) bond motifs is 1. The molecule has 1 heterocycles. The van der Waals surface area contributed by atoms with Crippen LogP contribution in [0.5, 0.6) is 5.75 Å². The Morgan fingerprint density at radius 2 is 1.57 bits per heavy atom. The Balaban J connectivity index is 1.75. The van der Waals surface area contributed by atoms with Gasteiger partial charge in [0.1, 0.15) is 12.4 Å². The molecule has 0 aliphatic rings. The lowest BCUT2D eigenvalue weighted by Gasteiger charge is -2.12. The molecule has 0 saturated carbocycles. The predicted molar refractivity (Wildman–Crippen MR) is 114 cm³/mol. The second-order valence-corrected chi connectivity index (χ2v) is 6.72. The largest absolute Gasteiger partial charge is 0.457 e. The first-order valence-electron chi connectivity index (χ1n) is 9.50. The molecule has 30 heavy (non-hydrogen) atoms. The van der Waals surface area contributed by atoms with Crippen molar-refractivity contribution >= 4 is 22.8 Å². The molecule has 148 valence electrons. The SMILES string of the molecule is CC(=O)Oc1ccccc1-c1cc(C(=O)OCc2ccccc2)c2ccccc2n1. The summed E-state index contributed by atoms with van der Waals surface area (Å²) in [5.41, 5.74) is 3.11. The fourth-order valence-corrected chi connectivity index (χ4v) is 3.21. The summed E-state index contributed by atoms with van der Waals surface area (Å²) in [6.45, 7) is 1.52. The first-order chi connectivity index (χ1) is 14.6. The molecule has 0 unspecified atom stereocenters. The van der Waals surface area contributed by atoms with E-state index in [0.717, 1.165) is 5.56 Å². The summed E-state index contributed by atoms with van der Waals surface area (Å²) in [6.07, 6.45) is 0. The summed E-state index contributed by atoms with van der Waals surface area (Å²) in [6, 6.07) is 25.7. The van der Waals surface area contributed by atoms with Crippen LogP contribution < -0.4 is 4.74 Å². The van der Waals surface area contributed by atoms with Gasteiger partial charge in [-0.25, -0.2) is 9.78 Å². The van der Waals surface area contributed by atoms with Gasteiger partial charge in [0, 0.05) is 17.9 Å². The molecule has 0 fully saturated rings. The molecule has 0 bridgehead atoms. The lowest BCUT2D eigenvalue weighted by Crippen LogP contribution is -2.08. The lowest BCUT2D eigenvalue weighted by molar-refractivity contribution is -0.131. The second-order valence-electron chi connectivity index (χ2n) is 6.72. The van der Waals surface area contributed by atoms with E-state index in [0.29, 0.717) is 33.5 Å². The Hall–Kier alpha value is -3.99. The maximum absolute atomic E-state index is 12.9. The summed E-state index contributed by atoms with van der Waals surface area (Å²) in [7, 11) is 0. The van der Waals surface area contributed by atoms with E-state index in [9.17, 15) is 9.59 Å². The predicted octanol–water partition coefficient (Wildman–Crippen LogP) is 5.18. The van der Waals surface area contributed by atoms with E-state index in [-0.39, 0.29) is 6.61 Å². The fraction of sp³-hybridized carbons (Fsp3) is 0.0800. The molecular formula is C25H19NO4. The number of ether oxygens (including phenoxy) is 2. The van der Waals surface area contributed by atoms with E-state index >= 15 is 0 Å². The highest BCUT2D eigenvalue weighted by molar-refractivity contribution is 6.04. The number of para-hydroxylation sites is 2. The topological polar surface area (TPSA) is 65.5 Å². The molecule has 0 spiro atoms. The molecule has 0 aliphatic heterocycles. The fourth-order valence-electron chi connectivity index (χ4n) is 3.21. The molecule has 3 aromatic carbocycles. The number of carbonyl (C=O) groups is 2. The van der Waals surface area contributed by atoms with E-state index in [1.807, 2.05) is 60.7 Å². The van der Waals surface area contributed by atoms with Crippen LogP contribution in [0, 0.1) is 0 Å². The van der Waals surface area contributed by atoms with E-state index in [1.54, 1.807) is 24.3 Å². The average molecular weight is 397 g/mol. The molecular weight excluding hydrogens is 378 g/mol. The van der Waals surface area contributed by atoms with Gasteiger partial charge in [0.25, 0.3) is 0 Å². The Bertz CT molecular complexity index is 1220. The van der Waals surface area contributed by atoms with Gasteiger partial charge < -0.3 is 9.47 Å². The number of rotatable bonds is 5. The molecule has 0 N–H and O–H groups in total. The Morgan fingerprint density at radius 1 is 0.867 bits per heavy atom. The first kappa shape index (κ1) is 19.3. The number of benzene rings is 3. The number of nitrogens with zero attached hydrogens (tertiary/aromatic N) is 1. The molecule has 0 aliphatic carbocycles. The third-order valence-corrected chi connectivity index (χ3v) is 4.57. The van der Waals surface area contributed by atoms with Crippen LogP contribution in [0.2, 0.25) is 0 Å². The molecule has 4 rings (SSSR count). The monoisotopic (exact) mass is 397 g/mol. The van der Waals surface area contributed by atoms with Gasteiger partial charge in [-0.1, -0.05) is 60.7 Å². The molecule has 0 radical (unpaired) electrons. The van der Waals surface area contributed by atoms with Crippen molar-refractivity contribution in [1.82, 2.24) is 4.98 Å². The molecule has 0 saturated heterocycles. The van der Waals surface area contributed by atoms with Gasteiger partial charge in [0.05, 0.1) is 16.8 Å². The van der Waals surface area contributed by atoms with Crippen molar-refractivity contribution in [2.45, 2.75) is 13.5 Å². The smallest absolute Gasteiger partial charge is 0.339 e. The average Bonchev–Trinajstić information content (AvgIpc) is 2.77. The lowest BCUT2D eigenvalue weighted by atomic mass is 10.0. The van der Waals surface area contributed by atoms with Gasteiger partial charge in [-0.15, -0.1) is 0 Å². The minimum atomic E-state index is -0.441. The maximum Gasteiger partial charge on any atom is 0.339 e. The molecule has 5 nitrogen and oxygen atoms in total. The second kappa shape index (κ2) is 8.57. The molecule has 4 aromatic rings. The van der Waals surface area contributed by atoms with Crippen molar-refractivity contribution in [1.29, 1.82) is 0 Å². The summed E-state index contributed by atoms with van der Waals surface area (Å²) in [4.78, 5) is 29.1. The van der Waals surface area contributed by atoms with Gasteiger partial charge in [-0.2, -0.15) is 0 Å². The molecule has 5 heteroatoms. The highest BCUT2D eigenvalue weighted by Crippen LogP contribution is 2.32. The Kier molecular flexibility index (Phi) is 5.52. The van der Waals surface area contributed by atoms with Crippen LogP contribution in [-0.4, -0.2) is 16.9 Å². The normalized spacial score (nSPS) is 10.6. The van der Waals surface area contributed by atoms with Crippen LogP contribution in [0.15, 0.2) is 84.9 Å². The van der Waals surface area contributed by atoms with Crippen molar-refractivity contribution in [3.8, 4) is 17.0 Å². The number of aromatic nitrogens is 1. The number of hydrogen-bond donors (Lipinski definition) is 0. The van der Waals surface area contributed by atoms with E-state index in [4.69, 9.17) is 9.47 Å². The van der Waals surface area contributed by atoms with E-state index in [2.05, 4.69) is 4.98 Å². The summed E-state index contributed by atoms with van der Waals surface area (Å²) in [5.74, 6) is -0.481. The van der Waals surface area contributed by atoms with Crippen LogP contribution >= 0.6 is 0 Å². The van der Waals surface area contributed by atoms with Crippen molar-refractivity contribution in [3.05, 3.63) is 96.1 Å². The quantitative estimate of drug-likeness (QED) is 0.343. The summed E-state index contributed by atoms with van der Waals surface area (Å²) >= 11 is 0. The zero-order chi connectivity index (χ0) is 20.9. The van der Waals surface area contributed by atoms with Gasteiger partial charge in [0.15, 0.2) is 0 Å². The molecule has 1 aromatic heterocycles. The minimum absolute atomic E-state index is 0.176. The van der Waals surface area contributed by atoms with Crippen LogP contribution in [0.25, 0.3) is 22.2 Å². The number of carbonyl (C=O) groups excluding carboxylic acids is 2. The minimum Gasteiger partial charge on any atom is -0.457 e. The van der Waals surface area contributed by atoms with Gasteiger partial charge in [-0.05, 0) is 29.8 Å². The van der Waals surface area contributed by atoms with Gasteiger partial charge in [0.2, 0.25) is 0 Å². The summed E-state index contributed by atoms with van der Waals surface area (Å²) in [5, 5.41) is 0.698.